The normalized spacial score (nSPS) is 24.6. The molecule has 0 aromatic heterocycles. The molecule has 1 spiro atoms. The third kappa shape index (κ3) is 5.17. The summed E-state index contributed by atoms with van der Waals surface area (Å²) in [6, 6.07) is 10.6. The Morgan fingerprint density at radius 2 is 1.96 bits per heavy atom. The van der Waals surface area contributed by atoms with Crippen LogP contribution in [0.1, 0.15) is 50.5 Å². The average Bonchev–Trinajstić information content (AvgIpc) is 3.05. The number of hydrogen-bond donors (Lipinski definition) is 1. The van der Waals surface area contributed by atoms with E-state index in [2.05, 4.69) is 36.4 Å². The van der Waals surface area contributed by atoms with Crippen molar-refractivity contribution in [2.45, 2.75) is 63.3 Å². The number of benzene rings is 1. The van der Waals surface area contributed by atoms with Crippen LogP contribution in [-0.2, 0) is 15.9 Å². The molecule has 1 saturated heterocycles. The van der Waals surface area contributed by atoms with Crippen LogP contribution in [0.15, 0.2) is 42.5 Å². The zero-order valence-corrected chi connectivity index (χ0v) is 14.5. The smallest absolute Gasteiger partial charge is 0.169 e. The van der Waals surface area contributed by atoms with Crippen LogP contribution in [0.5, 0.6) is 0 Å². The minimum atomic E-state index is -0.330. The lowest BCUT2D eigenvalue weighted by atomic mass is 9.84. The Balaban J connectivity index is 1.35. The standard InChI is InChI=1S/C21H30O3/c22-20(11-5-4-9-18-7-2-1-3-8-18)13-12-19-10-6-14-21(17-19)23-15-16-24-21/h1-3,7-8,12-13,19-20,22H,4-6,9-11,14-17H2/b13-12+. The summed E-state index contributed by atoms with van der Waals surface area (Å²) in [4.78, 5) is 0. The van der Waals surface area contributed by atoms with Gasteiger partial charge in [0.2, 0.25) is 0 Å². The van der Waals surface area contributed by atoms with Crippen molar-refractivity contribution in [3.05, 3.63) is 48.0 Å². The number of rotatable bonds is 7. The topological polar surface area (TPSA) is 38.7 Å². The first-order valence-corrected chi connectivity index (χ1v) is 9.44. The first-order valence-electron chi connectivity index (χ1n) is 9.44. The Morgan fingerprint density at radius 1 is 1.17 bits per heavy atom. The van der Waals surface area contributed by atoms with Crippen molar-refractivity contribution in [1.82, 2.24) is 0 Å². The van der Waals surface area contributed by atoms with E-state index in [1.807, 2.05) is 6.08 Å². The van der Waals surface area contributed by atoms with E-state index in [1.165, 1.54) is 12.0 Å². The van der Waals surface area contributed by atoms with Gasteiger partial charge >= 0.3 is 0 Å². The molecule has 3 nitrogen and oxygen atoms in total. The fourth-order valence-electron chi connectivity index (χ4n) is 3.87. The van der Waals surface area contributed by atoms with Crippen molar-refractivity contribution in [2.75, 3.05) is 13.2 Å². The molecule has 1 aliphatic carbocycles. The summed E-state index contributed by atoms with van der Waals surface area (Å²) in [7, 11) is 0. The monoisotopic (exact) mass is 330 g/mol. The Hall–Kier alpha value is -1.16. The molecule has 1 aliphatic heterocycles. The molecule has 0 bridgehead atoms. The van der Waals surface area contributed by atoms with Gasteiger partial charge in [0.25, 0.3) is 0 Å². The molecule has 1 aromatic carbocycles. The number of ether oxygens (including phenoxy) is 2. The van der Waals surface area contributed by atoms with Gasteiger partial charge in [-0.15, -0.1) is 0 Å². The summed E-state index contributed by atoms with van der Waals surface area (Å²) >= 11 is 0. The first-order chi connectivity index (χ1) is 11.8. The fraction of sp³-hybridized carbons (Fsp3) is 0.619. The van der Waals surface area contributed by atoms with E-state index in [1.54, 1.807) is 0 Å². The third-order valence-electron chi connectivity index (χ3n) is 5.18. The number of aryl methyl sites for hydroxylation is 1. The maximum Gasteiger partial charge on any atom is 0.169 e. The fourth-order valence-corrected chi connectivity index (χ4v) is 3.87. The zero-order valence-electron chi connectivity index (χ0n) is 14.5. The molecule has 132 valence electrons. The molecule has 0 radical (unpaired) electrons. The molecule has 1 heterocycles. The molecule has 1 saturated carbocycles. The molecule has 0 amide bonds. The molecule has 2 fully saturated rings. The highest BCUT2D eigenvalue weighted by Crippen LogP contribution is 2.39. The second-order valence-corrected chi connectivity index (χ2v) is 7.15. The van der Waals surface area contributed by atoms with Crippen LogP contribution in [-0.4, -0.2) is 30.2 Å². The first kappa shape index (κ1) is 17.7. The van der Waals surface area contributed by atoms with Gasteiger partial charge in [-0.05, 0) is 43.6 Å². The summed E-state index contributed by atoms with van der Waals surface area (Å²) < 4.78 is 11.6. The second kappa shape index (κ2) is 8.80. The van der Waals surface area contributed by atoms with Crippen molar-refractivity contribution in [2.24, 2.45) is 5.92 Å². The number of allylic oxidation sites excluding steroid dienone is 1. The predicted octanol–water partition coefficient (Wildman–Crippen LogP) is 4.25. The molecule has 24 heavy (non-hydrogen) atoms. The van der Waals surface area contributed by atoms with Gasteiger partial charge in [0.05, 0.1) is 19.3 Å². The lowest BCUT2D eigenvalue weighted by Gasteiger charge is -2.35. The van der Waals surface area contributed by atoms with Crippen molar-refractivity contribution in [3.63, 3.8) is 0 Å². The highest BCUT2D eigenvalue weighted by Gasteiger charge is 2.40. The van der Waals surface area contributed by atoms with Crippen LogP contribution in [0.4, 0.5) is 0 Å². The maximum atomic E-state index is 10.2. The van der Waals surface area contributed by atoms with Gasteiger partial charge in [-0.1, -0.05) is 48.9 Å². The number of aliphatic hydroxyl groups is 1. The Morgan fingerprint density at radius 3 is 2.75 bits per heavy atom. The minimum absolute atomic E-state index is 0.326. The Bertz CT molecular complexity index is 505. The minimum Gasteiger partial charge on any atom is -0.389 e. The second-order valence-electron chi connectivity index (χ2n) is 7.15. The van der Waals surface area contributed by atoms with E-state index < -0.39 is 0 Å². The molecule has 1 N–H and O–H groups in total. The van der Waals surface area contributed by atoms with Gasteiger partial charge in [0.15, 0.2) is 5.79 Å². The summed E-state index contributed by atoms with van der Waals surface area (Å²) in [6.07, 6.45) is 12.2. The van der Waals surface area contributed by atoms with Crippen molar-refractivity contribution < 1.29 is 14.6 Å². The number of hydrogen-bond acceptors (Lipinski definition) is 3. The molecular formula is C21H30O3. The highest BCUT2D eigenvalue weighted by atomic mass is 16.7. The summed E-state index contributed by atoms with van der Waals surface area (Å²) in [5.74, 6) is 0.143. The third-order valence-corrected chi connectivity index (χ3v) is 5.18. The van der Waals surface area contributed by atoms with E-state index in [0.29, 0.717) is 5.92 Å². The zero-order chi connectivity index (χ0) is 16.7. The van der Waals surface area contributed by atoms with Crippen molar-refractivity contribution in [1.29, 1.82) is 0 Å². The average molecular weight is 330 g/mol. The van der Waals surface area contributed by atoms with Gasteiger partial charge in [-0.2, -0.15) is 0 Å². The summed E-state index contributed by atoms with van der Waals surface area (Å²) in [5, 5.41) is 10.2. The summed E-state index contributed by atoms with van der Waals surface area (Å²) in [5.41, 5.74) is 1.38. The van der Waals surface area contributed by atoms with Gasteiger partial charge < -0.3 is 14.6 Å². The predicted molar refractivity (Wildman–Crippen MR) is 95.7 cm³/mol. The Labute approximate surface area is 145 Å². The molecule has 3 rings (SSSR count). The van der Waals surface area contributed by atoms with E-state index in [0.717, 1.165) is 58.2 Å². The van der Waals surface area contributed by atoms with Gasteiger partial charge in [-0.25, -0.2) is 0 Å². The van der Waals surface area contributed by atoms with Crippen molar-refractivity contribution in [3.8, 4) is 0 Å². The van der Waals surface area contributed by atoms with Crippen LogP contribution in [0.3, 0.4) is 0 Å². The molecular weight excluding hydrogens is 300 g/mol. The quantitative estimate of drug-likeness (QED) is 0.600. The van der Waals surface area contributed by atoms with E-state index in [-0.39, 0.29) is 11.9 Å². The van der Waals surface area contributed by atoms with Crippen LogP contribution >= 0.6 is 0 Å². The van der Waals surface area contributed by atoms with Crippen LogP contribution in [0.2, 0.25) is 0 Å². The van der Waals surface area contributed by atoms with Crippen molar-refractivity contribution >= 4 is 0 Å². The van der Waals surface area contributed by atoms with Gasteiger partial charge in [-0.3, -0.25) is 0 Å². The number of unbranched alkanes of at least 4 members (excludes halogenated alkanes) is 1. The van der Waals surface area contributed by atoms with Crippen LogP contribution in [0.25, 0.3) is 0 Å². The summed E-state index contributed by atoms with van der Waals surface area (Å²) in [6.45, 7) is 1.45. The lowest BCUT2D eigenvalue weighted by molar-refractivity contribution is -0.183. The van der Waals surface area contributed by atoms with E-state index >= 15 is 0 Å². The molecule has 2 atom stereocenters. The number of aliphatic hydroxyl groups excluding tert-OH is 1. The SMILES string of the molecule is OC(/C=C/C1CCCC2(C1)OCCO2)CCCCc1ccccc1. The molecule has 2 aliphatic rings. The molecule has 3 heteroatoms. The largest absolute Gasteiger partial charge is 0.389 e. The molecule has 2 unspecified atom stereocenters. The van der Waals surface area contributed by atoms with Gasteiger partial charge in [0, 0.05) is 12.8 Å². The van der Waals surface area contributed by atoms with E-state index in [4.69, 9.17) is 9.47 Å². The molecule has 1 aromatic rings. The van der Waals surface area contributed by atoms with Gasteiger partial charge in [0.1, 0.15) is 0 Å². The lowest BCUT2D eigenvalue weighted by Crippen LogP contribution is -2.35. The maximum absolute atomic E-state index is 10.2. The van der Waals surface area contributed by atoms with Crippen LogP contribution in [0, 0.1) is 5.92 Å². The Kier molecular flexibility index (Phi) is 6.47. The van der Waals surface area contributed by atoms with Crippen LogP contribution < -0.4 is 0 Å². The van der Waals surface area contributed by atoms with E-state index in [9.17, 15) is 5.11 Å². The highest BCUT2D eigenvalue weighted by molar-refractivity contribution is 5.14.